The van der Waals surface area contributed by atoms with Crippen molar-refractivity contribution >= 4 is 16.7 Å². The summed E-state index contributed by atoms with van der Waals surface area (Å²) in [5, 5.41) is 4.16. The van der Waals surface area contributed by atoms with Gasteiger partial charge in [0.2, 0.25) is 0 Å². The Hall–Kier alpha value is -2.02. The average molecular weight is 318 g/mol. The summed E-state index contributed by atoms with van der Waals surface area (Å²) in [4.78, 5) is 18.6. The Labute approximate surface area is 131 Å². The molecule has 2 aromatic rings. The Balaban J connectivity index is 1.84. The molecule has 2 aromatic heterocycles. The Morgan fingerprint density at radius 1 is 1.36 bits per heavy atom. The highest BCUT2D eigenvalue weighted by Crippen LogP contribution is 2.21. The van der Waals surface area contributed by atoms with E-state index in [9.17, 15) is 9.00 Å². The minimum Gasteiger partial charge on any atom is -0.335 e. The van der Waals surface area contributed by atoms with Crippen LogP contribution >= 0.6 is 0 Å². The van der Waals surface area contributed by atoms with Gasteiger partial charge in [-0.15, -0.1) is 0 Å². The smallest absolute Gasteiger partial charge is 0.272 e. The SMILES string of the molecule is CC1(C)CN(C(=O)c2cc(-n3cccn3)ccn2)CC[S@@]1=O. The van der Waals surface area contributed by atoms with Crippen LogP contribution in [0.1, 0.15) is 24.3 Å². The molecule has 1 saturated heterocycles. The molecule has 0 unspecified atom stereocenters. The van der Waals surface area contributed by atoms with Crippen molar-refractivity contribution in [1.29, 1.82) is 0 Å². The maximum absolute atomic E-state index is 12.7. The molecule has 3 rings (SSSR count). The summed E-state index contributed by atoms with van der Waals surface area (Å²) in [7, 11) is -0.901. The lowest BCUT2D eigenvalue weighted by Gasteiger charge is -2.37. The molecule has 0 aliphatic carbocycles. The molecule has 3 heterocycles. The van der Waals surface area contributed by atoms with Crippen molar-refractivity contribution in [3.8, 4) is 5.69 Å². The van der Waals surface area contributed by atoms with Crippen LogP contribution in [0.25, 0.3) is 5.69 Å². The number of hydrogen-bond donors (Lipinski definition) is 0. The van der Waals surface area contributed by atoms with E-state index >= 15 is 0 Å². The maximum Gasteiger partial charge on any atom is 0.272 e. The van der Waals surface area contributed by atoms with Crippen LogP contribution in [-0.2, 0) is 10.8 Å². The van der Waals surface area contributed by atoms with Crippen LogP contribution in [0.3, 0.4) is 0 Å². The van der Waals surface area contributed by atoms with Crippen molar-refractivity contribution in [2.75, 3.05) is 18.8 Å². The zero-order chi connectivity index (χ0) is 15.7. The van der Waals surface area contributed by atoms with Gasteiger partial charge in [-0.05, 0) is 32.0 Å². The Morgan fingerprint density at radius 2 is 2.18 bits per heavy atom. The highest BCUT2D eigenvalue weighted by molar-refractivity contribution is 7.86. The topological polar surface area (TPSA) is 68.1 Å². The highest BCUT2D eigenvalue weighted by Gasteiger charge is 2.35. The summed E-state index contributed by atoms with van der Waals surface area (Å²) in [5.74, 6) is 0.385. The van der Waals surface area contributed by atoms with Crippen molar-refractivity contribution in [3.63, 3.8) is 0 Å². The van der Waals surface area contributed by atoms with Crippen LogP contribution in [-0.4, -0.2) is 53.4 Å². The molecule has 0 spiro atoms. The lowest BCUT2D eigenvalue weighted by Crippen LogP contribution is -2.52. The minimum atomic E-state index is -0.901. The highest BCUT2D eigenvalue weighted by atomic mass is 32.2. The second-order valence-electron chi connectivity index (χ2n) is 5.89. The first kappa shape index (κ1) is 14.9. The van der Waals surface area contributed by atoms with Crippen LogP contribution in [0.15, 0.2) is 36.8 Å². The van der Waals surface area contributed by atoms with Gasteiger partial charge in [0, 0.05) is 48.2 Å². The molecule has 1 fully saturated rings. The predicted molar refractivity (Wildman–Crippen MR) is 84.4 cm³/mol. The van der Waals surface area contributed by atoms with Gasteiger partial charge in [0.05, 0.1) is 10.4 Å². The third kappa shape index (κ3) is 2.81. The number of aromatic nitrogens is 3. The minimum absolute atomic E-state index is 0.126. The number of pyridine rings is 1. The summed E-state index contributed by atoms with van der Waals surface area (Å²) in [6.07, 6.45) is 5.11. The Kier molecular flexibility index (Phi) is 3.82. The normalized spacial score (nSPS) is 20.8. The molecule has 116 valence electrons. The van der Waals surface area contributed by atoms with Crippen LogP contribution < -0.4 is 0 Å². The van der Waals surface area contributed by atoms with Crippen molar-refractivity contribution in [2.45, 2.75) is 18.6 Å². The van der Waals surface area contributed by atoms with E-state index in [4.69, 9.17) is 0 Å². The van der Waals surface area contributed by atoms with E-state index < -0.39 is 10.8 Å². The number of carbonyl (C=O) groups excluding carboxylic acids is 1. The third-order valence-electron chi connectivity index (χ3n) is 3.75. The number of nitrogens with zero attached hydrogens (tertiary/aromatic N) is 4. The van der Waals surface area contributed by atoms with Crippen LogP contribution in [0.2, 0.25) is 0 Å². The fraction of sp³-hybridized carbons (Fsp3) is 0.400. The van der Waals surface area contributed by atoms with Crippen LogP contribution in [0, 0.1) is 0 Å². The van der Waals surface area contributed by atoms with E-state index in [1.807, 2.05) is 26.1 Å². The number of carbonyl (C=O) groups is 1. The lowest BCUT2D eigenvalue weighted by atomic mass is 10.1. The van der Waals surface area contributed by atoms with E-state index in [2.05, 4.69) is 10.1 Å². The van der Waals surface area contributed by atoms with Crippen molar-refractivity contribution < 1.29 is 9.00 Å². The van der Waals surface area contributed by atoms with E-state index in [0.29, 0.717) is 24.5 Å². The van der Waals surface area contributed by atoms with Gasteiger partial charge in [-0.2, -0.15) is 5.10 Å². The summed E-state index contributed by atoms with van der Waals surface area (Å²) in [5.41, 5.74) is 1.18. The van der Waals surface area contributed by atoms with Gasteiger partial charge in [0.15, 0.2) is 0 Å². The summed E-state index contributed by atoms with van der Waals surface area (Å²) in [6.45, 7) is 4.83. The summed E-state index contributed by atoms with van der Waals surface area (Å²) in [6, 6.07) is 5.36. The zero-order valence-electron chi connectivity index (χ0n) is 12.6. The lowest BCUT2D eigenvalue weighted by molar-refractivity contribution is 0.0740. The first-order valence-electron chi connectivity index (χ1n) is 7.11. The van der Waals surface area contributed by atoms with Gasteiger partial charge in [0.1, 0.15) is 5.69 Å². The summed E-state index contributed by atoms with van der Waals surface area (Å²) < 4.78 is 13.3. The molecule has 0 radical (unpaired) electrons. The van der Waals surface area contributed by atoms with E-state index in [1.54, 1.807) is 34.1 Å². The monoisotopic (exact) mass is 318 g/mol. The van der Waals surface area contributed by atoms with Gasteiger partial charge in [-0.3, -0.25) is 14.0 Å². The molecule has 0 bridgehead atoms. The average Bonchev–Trinajstić information content (AvgIpc) is 3.04. The van der Waals surface area contributed by atoms with E-state index in [0.717, 1.165) is 5.69 Å². The molecule has 0 aromatic carbocycles. The Bertz CT molecular complexity index is 712. The van der Waals surface area contributed by atoms with E-state index in [-0.39, 0.29) is 10.7 Å². The van der Waals surface area contributed by atoms with Gasteiger partial charge in [-0.25, -0.2) is 4.68 Å². The molecule has 22 heavy (non-hydrogen) atoms. The first-order valence-corrected chi connectivity index (χ1v) is 8.43. The van der Waals surface area contributed by atoms with E-state index in [1.165, 1.54) is 0 Å². The van der Waals surface area contributed by atoms with Crippen molar-refractivity contribution in [2.24, 2.45) is 0 Å². The van der Waals surface area contributed by atoms with Crippen LogP contribution in [0.4, 0.5) is 0 Å². The quantitative estimate of drug-likeness (QED) is 0.836. The molecule has 0 N–H and O–H groups in total. The molecule has 0 saturated carbocycles. The number of amides is 1. The second-order valence-corrected chi connectivity index (χ2v) is 8.09. The number of hydrogen-bond acceptors (Lipinski definition) is 4. The van der Waals surface area contributed by atoms with Gasteiger partial charge >= 0.3 is 0 Å². The molecular weight excluding hydrogens is 300 g/mol. The summed E-state index contributed by atoms with van der Waals surface area (Å²) >= 11 is 0. The fourth-order valence-corrected chi connectivity index (χ4v) is 3.75. The molecular formula is C15H18N4O2S. The molecule has 1 atom stereocenters. The predicted octanol–water partition coefficient (Wildman–Crippen LogP) is 1.25. The molecule has 1 aliphatic heterocycles. The first-order chi connectivity index (χ1) is 10.5. The van der Waals surface area contributed by atoms with Gasteiger partial charge in [-0.1, -0.05) is 0 Å². The number of rotatable bonds is 2. The third-order valence-corrected chi connectivity index (χ3v) is 5.67. The van der Waals surface area contributed by atoms with Gasteiger partial charge < -0.3 is 4.90 Å². The largest absolute Gasteiger partial charge is 0.335 e. The van der Waals surface area contributed by atoms with Crippen molar-refractivity contribution in [1.82, 2.24) is 19.7 Å². The molecule has 1 amide bonds. The zero-order valence-corrected chi connectivity index (χ0v) is 13.4. The Morgan fingerprint density at radius 3 is 2.86 bits per heavy atom. The van der Waals surface area contributed by atoms with Crippen LogP contribution in [0.5, 0.6) is 0 Å². The second kappa shape index (κ2) is 5.64. The fourth-order valence-electron chi connectivity index (χ4n) is 2.52. The molecule has 1 aliphatic rings. The molecule has 7 heteroatoms. The van der Waals surface area contributed by atoms with Crippen molar-refractivity contribution in [3.05, 3.63) is 42.5 Å². The standard InChI is InChI=1S/C15H18N4O2S/c1-15(2)11-18(8-9-22(15)21)14(20)13-10-12(4-6-16-13)19-7-3-5-17-19/h3-7,10H,8-9,11H2,1-2H3/t22-/m0/s1. The van der Waals surface area contributed by atoms with Gasteiger partial charge in [0.25, 0.3) is 5.91 Å². The molecule has 6 nitrogen and oxygen atoms in total. The maximum atomic E-state index is 12.7.